The molecule has 0 unspecified atom stereocenters. The fraction of sp³-hybridized carbons (Fsp3) is 0.353. The van der Waals surface area contributed by atoms with E-state index in [4.69, 9.17) is 20.4 Å². The number of carbonyl (C=O) groups excluding carboxylic acids is 1. The number of hydrogen-bond acceptors (Lipinski definition) is 7. The monoisotopic (exact) mass is 562 g/mol. The van der Waals surface area contributed by atoms with Gasteiger partial charge in [-0.15, -0.1) is 0 Å². The molecule has 2 aliphatic rings. The second-order valence-electron chi connectivity index (χ2n) is 11.2. The molecule has 4 aromatic rings. The highest BCUT2D eigenvalue weighted by Crippen LogP contribution is 2.41. The summed E-state index contributed by atoms with van der Waals surface area (Å²) in [7, 11) is 0. The number of nitrogens with two attached hydrogens (primary N) is 1. The molecule has 1 saturated heterocycles. The molecule has 0 atom stereocenters. The lowest BCUT2D eigenvalue weighted by atomic mass is 9.77. The van der Waals surface area contributed by atoms with Gasteiger partial charge in [0.05, 0.1) is 29.3 Å². The molecule has 0 bridgehead atoms. The number of likely N-dealkylation sites (tertiary alicyclic amines) is 1. The number of carbonyl (C=O) groups is 1. The lowest BCUT2D eigenvalue weighted by Crippen LogP contribution is -2.48. The maximum Gasteiger partial charge on any atom is 0.309 e. The molecule has 0 amide bonds. The Morgan fingerprint density at radius 3 is 2.64 bits per heavy atom. The fourth-order valence-corrected chi connectivity index (χ4v) is 6.33. The number of benzene rings is 1. The van der Waals surface area contributed by atoms with E-state index in [0.717, 1.165) is 77.6 Å². The van der Waals surface area contributed by atoms with E-state index in [1.807, 2.05) is 43.5 Å². The molecule has 0 radical (unpaired) electrons. The number of rotatable bonds is 8. The maximum absolute atomic E-state index is 12.1. The van der Waals surface area contributed by atoms with Crippen LogP contribution in [0.1, 0.15) is 50.0 Å². The first-order chi connectivity index (χ1) is 20.6. The highest BCUT2D eigenvalue weighted by atomic mass is 16.5. The molecule has 3 aromatic heterocycles. The van der Waals surface area contributed by atoms with Crippen LogP contribution < -0.4 is 16.3 Å². The van der Waals surface area contributed by atoms with Crippen LogP contribution in [0.2, 0.25) is 0 Å². The first-order valence-electron chi connectivity index (χ1n) is 14.9. The second-order valence-corrected chi connectivity index (χ2v) is 11.2. The van der Waals surface area contributed by atoms with Crippen molar-refractivity contribution in [2.45, 2.75) is 51.0 Å². The van der Waals surface area contributed by atoms with Crippen LogP contribution in [0.25, 0.3) is 28.9 Å². The van der Waals surface area contributed by atoms with Crippen LogP contribution in [0.5, 0.6) is 0 Å². The maximum atomic E-state index is 12.1. The number of piperidine rings is 1. The Labute approximate surface area is 246 Å². The van der Waals surface area contributed by atoms with Gasteiger partial charge in [0, 0.05) is 36.3 Å². The van der Waals surface area contributed by atoms with E-state index in [9.17, 15) is 4.79 Å². The van der Waals surface area contributed by atoms with Gasteiger partial charge in [-0.2, -0.15) is 0 Å². The van der Waals surface area contributed by atoms with Gasteiger partial charge in [-0.05, 0) is 57.0 Å². The summed E-state index contributed by atoms with van der Waals surface area (Å²) in [4.78, 5) is 29.2. The summed E-state index contributed by atoms with van der Waals surface area (Å²) in [6.45, 7) is 8.09. The van der Waals surface area contributed by atoms with Crippen molar-refractivity contribution in [2.24, 2.45) is 5.92 Å². The quantitative estimate of drug-likeness (QED) is 0.326. The third-order valence-corrected chi connectivity index (χ3v) is 8.64. The molecular weight excluding hydrogens is 524 g/mol. The van der Waals surface area contributed by atoms with Crippen molar-refractivity contribution < 1.29 is 9.53 Å². The van der Waals surface area contributed by atoms with Gasteiger partial charge in [0.1, 0.15) is 17.2 Å². The van der Waals surface area contributed by atoms with E-state index in [2.05, 4.69) is 45.1 Å². The van der Waals surface area contributed by atoms with E-state index < -0.39 is 0 Å². The Morgan fingerprint density at radius 1 is 1.12 bits per heavy atom. The average Bonchev–Trinajstić information content (AvgIpc) is 3.36. The average molecular weight is 563 g/mol. The Morgan fingerprint density at radius 2 is 1.90 bits per heavy atom. The molecule has 8 heteroatoms. The predicted octanol–water partition coefficient (Wildman–Crippen LogP) is 3.88. The van der Waals surface area contributed by atoms with E-state index >= 15 is 0 Å². The minimum Gasteiger partial charge on any atom is -0.466 e. The van der Waals surface area contributed by atoms with Crippen LogP contribution in [0.15, 0.2) is 67.5 Å². The highest BCUT2D eigenvalue weighted by molar-refractivity contribution is 5.72. The van der Waals surface area contributed by atoms with Crippen molar-refractivity contribution in [2.75, 3.05) is 25.4 Å². The summed E-state index contributed by atoms with van der Waals surface area (Å²) in [6, 6.07) is 14.8. The minimum absolute atomic E-state index is 0.0371. The number of imidazole rings is 1. The molecular formula is C34H38N6O2. The summed E-state index contributed by atoms with van der Waals surface area (Å²) in [6.07, 6.45) is 14.0. The van der Waals surface area contributed by atoms with Gasteiger partial charge < -0.3 is 15.4 Å². The number of hydrogen-bond donors (Lipinski definition) is 1. The van der Waals surface area contributed by atoms with Crippen molar-refractivity contribution >= 4 is 29.5 Å². The predicted molar refractivity (Wildman–Crippen MR) is 166 cm³/mol. The topological polar surface area (TPSA) is 98.6 Å². The molecule has 0 spiro atoms. The lowest BCUT2D eigenvalue weighted by Gasteiger charge is -2.45. The van der Waals surface area contributed by atoms with E-state index in [0.29, 0.717) is 30.8 Å². The first kappa shape index (κ1) is 27.8. The summed E-state index contributed by atoms with van der Waals surface area (Å²) in [5.41, 5.74) is 10.2. The molecule has 8 nitrogen and oxygen atoms in total. The molecule has 1 aliphatic heterocycles. The number of fused-ring (bicyclic) bond motifs is 1. The van der Waals surface area contributed by atoms with E-state index in [1.165, 1.54) is 0 Å². The molecule has 4 heterocycles. The molecule has 2 fully saturated rings. The largest absolute Gasteiger partial charge is 0.466 e. The van der Waals surface area contributed by atoms with Crippen molar-refractivity contribution in [1.82, 2.24) is 24.3 Å². The third kappa shape index (κ3) is 5.59. The van der Waals surface area contributed by atoms with Gasteiger partial charge in [-0.25, -0.2) is 15.0 Å². The van der Waals surface area contributed by atoms with Gasteiger partial charge in [-0.3, -0.25) is 9.20 Å². The zero-order chi connectivity index (χ0) is 29.1. The number of anilines is 1. The third-order valence-electron chi connectivity index (χ3n) is 8.64. The van der Waals surface area contributed by atoms with Gasteiger partial charge in [0.25, 0.3) is 0 Å². The molecule has 1 aliphatic carbocycles. The van der Waals surface area contributed by atoms with Gasteiger partial charge in [-0.1, -0.05) is 61.2 Å². The van der Waals surface area contributed by atoms with Gasteiger partial charge in [0.15, 0.2) is 0 Å². The van der Waals surface area contributed by atoms with Crippen LogP contribution in [-0.2, 0) is 16.0 Å². The molecule has 1 saturated carbocycles. The SMILES string of the molecule is C=C/C=c1/ccc(-c2ccccc2)n/c1=C/Cc1nc(C2CC(N3CCC(C(=O)OCC)CC3)C2)n2ccnc(N)c12. The summed E-state index contributed by atoms with van der Waals surface area (Å²) in [5, 5.41) is 1.89. The van der Waals surface area contributed by atoms with Crippen molar-refractivity contribution in [1.29, 1.82) is 0 Å². The summed E-state index contributed by atoms with van der Waals surface area (Å²) >= 11 is 0. The Hall–Kier alpha value is -4.30. The number of esters is 1. The Bertz CT molecular complexity index is 1700. The summed E-state index contributed by atoms with van der Waals surface area (Å²) < 4.78 is 7.37. The number of nitrogens with zero attached hydrogens (tertiary/aromatic N) is 5. The molecule has 6 rings (SSSR count). The Balaban J connectivity index is 1.23. The Kier molecular flexibility index (Phi) is 8.15. The minimum atomic E-state index is -0.0421. The lowest BCUT2D eigenvalue weighted by molar-refractivity contribution is -0.150. The number of ether oxygens (including phenoxy) is 1. The summed E-state index contributed by atoms with van der Waals surface area (Å²) in [5.74, 6) is 1.88. The molecule has 1 aromatic carbocycles. The highest BCUT2D eigenvalue weighted by Gasteiger charge is 2.39. The first-order valence-corrected chi connectivity index (χ1v) is 14.9. The van der Waals surface area contributed by atoms with Crippen LogP contribution in [0.3, 0.4) is 0 Å². The van der Waals surface area contributed by atoms with Crippen molar-refractivity contribution in [3.05, 3.63) is 89.6 Å². The number of nitrogen functional groups attached to an aromatic ring is 1. The fourth-order valence-electron chi connectivity index (χ4n) is 6.33. The number of aromatic nitrogens is 4. The zero-order valence-corrected chi connectivity index (χ0v) is 24.2. The second kappa shape index (κ2) is 12.3. The van der Waals surface area contributed by atoms with E-state index in [-0.39, 0.29) is 11.9 Å². The smallest absolute Gasteiger partial charge is 0.309 e. The van der Waals surface area contributed by atoms with Crippen LogP contribution in [-0.4, -0.2) is 56.0 Å². The van der Waals surface area contributed by atoms with Crippen molar-refractivity contribution in [3.63, 3.8) is 0 Å². The van der Waals surface area contributed by atoms with Crippen LogP contribution >= 0.6 is 0 Å². The number of allylic oxidation sites excluding steroid dienone is 1. The zero-order valence-electron chi connectivity index (χ0n) is 24.2. The molecule has 42 heavy (non-hydrogen) atoms. The normalized spacial score (nSPS) is 20.5. The molecule has 2 N–H and O–H groups in total. The molecule has 216 valence electrons. The number of pyridine rings is 1. The van der Waals surface area contributed by atoms with Crippen molar-refractivity contribution in [3.8, 4) is 11.3 Å². The van der Waals surface area contributed by atoms with Crippen LogP contribution in [0.4, 0.5) is 5.82 Å². The van der Waals surface area contributed by atoms with Crippen LogP contribution in [0, 0.1) is 5.92 Å². The standard InChI is InChI=1S/C34H38N6O2/c1-3-8-23-11-12-28(24-9-6-5-7-10-24)37-29(23)13-14-30-31-32(35)36-17-20-40(31)33(38-30)26-21-27(22-26)39-18-15-25(16-19-39)34(41)42-4-2/h3,5-13,17,20,25-27H,1,4,14-16,18-19,21-22H2,2H3,(H2,35,36)/b23-8-,29-13+. The van der Waals surface area contributed by atoms with Gasteiger partial charge in [0.2, 0.25) is 0 Å². The van der Waals surface area contributed by atoms with E-state index in [1.54, 1.807) is 12.3 Å². The van der Waals surface area contributed by atoms with Gasteiger partial charge >= 0.3 is 5.97 Å².